The van der Waals surface area contributed by atoms with Crippen LogP contribution in [0.2, 0.25) is 0 Å². The van der Waals surface area contributed by atoms with Crippen LogP contribution in [0.15, 0.2) is 24.3 Å². The maximum atomic E-state index is 4.58. The molecule has 0 amide bonds. The number of hydrogen-bond acceptors (Lipinski definition) is 2. The Morgan fingerprint density at radius 1 is 1.18 bits per heavy atom. The van der Waals surface area contributed by atoms with Crippen molar-refractivity contribution in [2.24, 2.45) is 0 Å². The molecule has 0 radical (unpaired) electrons. The number of aryl methyl sites for hydroxylation is 2. The van der Waals surface area contributed by atoms with Crippen molar-refractivity contribution in [2.75, 3.05) is 11.9 Å². The number of aromatic nitrogens is 1. The predicted octanol–water partition coefficient (Wildman–Crippen LogP) is 3.93. The first-order valence-corrected chi connectivity index (χ1v) is 6.38. The number of pyridine rings is 1. The van der Waals surface area contributed by atoms with E-state index in [9.17, 15) is 0 Å². The average Bonchev–Trinajstić information content (AvgIpc) is 2.30. The minimum atomic E-state index is 0.941. The number of hydrogen-bond donors (Lipinski definition) is 1. The van der Waals surface area contributed by atoms with Crippen LogP contribution in [0.1, 0.15) is 31.5 Å². The second-order valence-electron chi connectivity index (χ2n) is 4.44. The summed E-state index contributed by atoms with van der Waals surface area (Å²) in [4.78, 5) is 4.58. The zero-order chi connectivity index (χ0) is 12.3. The molecule has 0 saturated heterocycles. The maximum absolute atomic E-state index is 4.58. The van der Waals surface area contributed by atoms with Gasteiger partial charge >= 0.3 is 0 Å². The van der Waals surface area contributed by atoms with Crippen molar-refractivity contribution in [1.29, 1.82) is 0 Å². The van der Waals surface area contributed by atoms with Crippen LogP contribution >= 0.6 is 0 Å². The van der Waals surface area contributed by atoms with Crippen LogP contribution in [0.5, 0.6) is 0 Å². The smallest absolute Gasteiger partial charge is 0.0726 e. The van der Waals surface area contributed by atoms with Crippen molar-refractivity contribution in [2.45, 2.75) is 33.6 Å². The number of anilines is 1. The monoisotopic (exact) mass is 228 g/mol. The average molecular weight is 228 g/mol. The molecule has 0 saturated carbocycles. The fourth-order valence-electron chi connectivity index (χ4n) is 2.19. The molecule has 0 bridgehead atoms. The molecule has 0 aliphatic heterocycles. The summed E-state index contributed by atoms with van der Waals surface area (Å²) in [5.74, 6) is 0. The molecule has 0 aliphatic rings. The Balaban J connectivity index is 2.56. The number of nitrogens with zero attached hydrogens (tertiary/aromatic N) is 1. The van der Waals surface area contributed by atoms with Gasteiger partial charge in [0.25, 0.3) is 0 Å². The fraction of sp³-hybridized carbons (Fsp3) is 0.400. The van der Waals surface area contributed by atoms with E-state index in [0.29, 0.717) is 0 Å². The summed E-state index contributed by atoms with van der Waals surface area (Å²) in [5.41, 5.74) is 4.75. The summed E-state index contributed by atoms with van der Waals surface area (Å²) in [6, 6.07) is 8.72. The second-order valence-corrected chi connectivity index (χ2v) is 4.44. The Morgan fingerprint density at radius 2 is 2.00 bits per heavy atom. The molecule has 2 heteroatoms. The number of rotatable bonds is 4. The van der Waals surface area contributed by atoms with Crippen LogP contribution in [0.25, 0.3) is 10.9 Å². The van der Waals surface area contributed by atoms with Crippen LogP contribution in [-0.2, 0) is 6.42 Å². The second kappa shape index (κ2) is 5.17. The van der Waals surface area contributed by atoms with E-state index in [-0.39, 0.29) is 0 Å². The highest BCUT2D eigenvalue weighted by Gasteiger charge is 2.04. The van der Waals surface area contributed by atoms with Crippen LogP contribution in [0.3, 0.4) is 0 Å². The van der Waals surface area contributed by atoms with E-state index in [1.54, 1.807) is 0 Å². The third-order valence-electron chi connectivity index (χ3n) is 2.91. The molecular formula is C15H20N2. The van der Waals surface area contributed by atoms with Gasteiger partial charge in [0, 0.05) is 23.3 Å². The lowest BCUT2D eigenvalue weighted by atomic mass is 10.1. The first-order valence-electron chi connectivity index (χ1n) is 6.38. The molecule has 2 rings (SSSR count). The summed E-state index contributed by atoms with van der Waals surface area (Å²) < 4.78 is 0. The molecular weight excluding hydrogens is 208 g/mol. The summed E-state index contributed by atoms with van der Waals surface area (Å²) in [5, 5.41) is 4.66. The highest BCUT2D eigenvalue weighted by atomic mass is 14.9. The lowest BCUT2D eigenvalue weighted by Gasteiger charge is -2.10. The van der Waals surface area contributed by atoms with Gasteiger partial charge in [-0.3, -0.25) is 4.98 Å². The van der Waals surface area contributed by atoms with Crippen LogP contribution in [0.4, 0.5) is 5.69 Å². The molecule has 17 heavy (non-hydrogen) atoms. The Bertz CT molecular complexity index is 518. The van der Waals surface area contributed by atoms with Gasteiger partial charge in [0.15, 0.2) is 0 Å². The fourth-order valence-corrected chi connectivity index (χ4v) is 2.19. The van der Waals surface area contributed by atoms with Crippen molar-refractivity contribution in [3.05, 3.63) is 35.5 Å². The lowest BCUT2D eigenvalue weighted by Crippen LogP contribution is -1.99. The highest BCUT2D eigenvalue weighted by Crippen LogP contribution is 2.24. The van der Waals surface area contributed by atoms with Crippen molar-refractivity contribution in [3.8, 4) is 0 Å². The largest absolute Gasteiger partial charge is 0.385 e. The third kappa shape index (κ3) is 2.57. The highest BCUT2D eigenvalue weighted by molar-refractivity contribution is 5.92. The van der Waals surface area contributed by atoms with Gasteiger partial charge in [0.2, 0.25) is 0 Å². The molecule has 0 unspecified atom stereocenters. The first kappa shape index (κ1) is 11.9. The van der Waals surface area contributed by atoms with E-state index < -0.39 is 0 Å². The Hall–Kier alpha value is -1.57. The van der Waals surface area contributed by atoms with E-state index in [2.05, 4.69) is 48.4 Å². The van der Waals surface area contributed by atoms with E-state index in [1.165, 1.54) is 23.1 Å². The van der Waals surface area contributed by atoms with Crippen molar-refractivity contribution in [1.82, 2.24) is 4.98 Å². The number of fused-ring (bicyclic) bond motifs is 1. The predicted molar refractivity (Wildman–Crippen MR) is 74.6 cm³/mol. The Kier molecular flexibility index (Phi) is 3.62. The first-order chi connectivity index (χ1) is 8.24. The molecule has 2 nitrogen and oxygen atoms in total. The van der Waals surface area contributed by atoms with Gasteiger partial charge < -0.3 is 5.32 Å². The van der Waals surface area contributed by atoms with Crippen LogP contribution in [-0.4, -0.2) is 11.5 Å². The van der Waals surface area contributed by atoms with Gasteiger partial charge in [-0.25, -0.2) is 0 Å². The van der Waals surface area contributed by atoms with Crippen molar-refractivity contribution >= 4 is 16.6 Å². The summed E-state index contributed by atoms with van der Waals surface area (Å²) in [6.07, 6.45) is 2.32. The molecule has 0 spiro atoms. The molecule has 0 atom stereocenters. The van der Waals surface area contributed by atoms with Gasteiger partial charge in [-0.2, -0.15) is 0 Å². The van der Waals surface area contributed by atoms with Gasteiger partial charge in [0.1, 0.15) is 0 Å². The molecule has 1 N–H and O–H groups in total. The number of nitrogens with one attached hydrogen (secondary N) is 1. The quantitative estimate of drug-likeness (QED) is 0.857. The van der Waals surface area contributed by atoms with Gasteiger partial charge in [-0.15, -0.1) is 0 Å². The molecule has 1 heterocycles. The van der Waals surface area contributed by atoms with Gasteiger partial charge in [-0.05, 0) is 44.0 Å². The molecule has 2 aromatic rings. The van der Waals surface area contributed by atoms with E-state index in [4.69, 9.17) is 0 Å². The molecule has 0 aliphatic carbocycles. The van der Waals surface area contributed by atoms with Gasteiger partial charge in [0.05, 0.1) is 5.52 Å². The summed E-state index contributed by atoms with van der Waals surface area (Å²) in [6.45, 7) is 7.32. The molecule has 1 aromatic heterocycles. The van der Waals surface area contributed by atoms with Crippen LogP contribution in [0, 0.1) is 6.92 Å². The minimum Gasteiger partial charge on any atom is -0.385 e. The molecule has 90 valence electrons. The standard InChI is InChI=1S/C15H20N2/c1-4-6-12-7-8-14-13(10-12)15(16-5-2)9-11(3)17-14/h7-10H,4-6H2,1-3H3,(H,16,17). The van der Waals surface area contributed by atoms with Crippen LogP contribution < -0.4 is 5.32 Å². The number of benzene rings is 1. The zero-order valence-corrected chi connectivity index (χ0v) is 10.9. The van der Waals surface area contributed by atoms with Crippen molar-refractivity contribution in [3.63, 3.8) is 0 Å². The molecule has 0 fully saturated rings. The molecule has 1 aromatic carbocycles. The van der Waals surface area contributed by atoms with Crippen molar-refractivity contribution < 1.29 is 0 Å². The normalized spacial score (nSPS) is 10.8. The Morgan fingerprint density at radius 3 is 2.71 bits per heavy atom. The zero-order valence-electron chi connectivity index (χ0n) is 10.9. The van der Waals surface area contributed by atoms with Gasteiger partial charge in [-0.1, -0.05) is 19.4 Å². The Labute approximate surface area is 103 Å². The third-order valence-corrected chi connectivity index (χ3v) is 2.91. The maximum Gasteiger partial charge on any atom is 0.0726 e. The van der Waals surface area contributed by atoms with E-state index >= 15 is 0 Å². The van der Waals surface area contributed by atoms with E-state index in [0.717, 1.165) is 24.2 Å². The topological polar surface area (TPSA) is 24.9 Å². The minimum absolute atomic E-state index is 0.941. The summed E-state index contributed by atoms with van der Waals surface area (Å²) >= 11 is 0. The van der Waals surface area contributed by atoms with E-state index in [1.807, 2.05) is 6.92 Å². The lowest BCUT2D eigenvalue weighted by molar-refractivity contribution is 0.923. The summed E-state index contributed by atoms with van der Waals surface area (Å²) in [7, 11) is 0. The SMILES string of the molecule is CCCc1ccc2nc(C)cc(NCC)c2c1.